The van der Waals surface area contributed by atoms with Crippen LogP contribution in [-0.4, -0.2) is 45.1 Å². The zero-order chi connectivity index (χ0) is 20.2. The highest BCUT2D eigenvalue weighted by molar-refractivity contribution is 7.88. The van der Waals surface area contributed by atoms with E-state index in [1.807, 2.05) is 0 Å². The van der Waals surface area contributed by atoms with Crippen LogP contribution in [-0.2, 0) is 11.0 Å². The van der Waals surface area contributed by atoms with Gasteiger partial charge in [-0.2, -0.15) is 0 Å². The lowest BCUT2D eigenvalue weighted by molar-refractivity contribution is 0.356. The predicted molar refractivity (Wildman–Crippen MR) is 101 cm³/mol. The topological polar surface area (TPSA) is 90.8 Å². The van der Waals surface area contributed by atoms with E-state index < -0.39 is 53.4 Å². The number of nitrogens with one attached hydrogen (secondary N) is 2. The molecule has 1 fully saturated rings. The Balaban J connectivity index is 2.33. The van der Waals surface area contributed by atoms with Crippen LogP contribution in [0, 0.1) is 11.6 Å². The van der Waals surface area contributed by atoms with Crippen LogP contribution in [0.3, 0.4) is 0 Å². The Morgan fingerprint density at radius 1 is 1.44 bits per heavy atom. The number of anilines is 2. The van der Waals surface area contributed by atoms with Crippen molar-refractivity contribution in [3.8, 4) is 5.75 Å². The molecule has 11 heteroatoms. The van der Waals surface area contributed by atoms with Crippen LogP contribution in [0.25, 0.3) is 0 Å². The summed E-state index contributed by atoms with van der Waals surface area (Å²) in [6.45, 7) is 1.07. The molecule has 0 aromatic heterocycles. The molecule has 0 spiro atoms. The van der Waals surface area contributed by atoms with Crippen molar-refractivity contribution >= 4 is 30.5 Å². The highest BCUT2D eigenvalue weighted by Crippen LogP contribution is 2.50. The smallest absolute Gasteiger partial charge is 0.184 e. The van der Waals surface area contributed by atoms with E-state index in [-0.39, 0.29) is 24.1 Å². The Labute approximate surface area is 159 Å². The lowest BCUT2D eigenvalue weighted by Crippen LogP contribution is -2.27. The molecular formula is C16H22F3N2O4PS. The number of benzene rings is 1. The number of halogens is 3. The first-order valence-corrected chi connectivity index (χ1v) is 10.9. The second-order valence-electron chi connectivity index (χ2n) is 6.07. The first-order chi connectivity index (χ1) is 12.8. The quantitative estimate of drug-likeness (QED) is 0.432. The summed E-state index contributed by atoms with van der Waals surface area (Å²) < 4.78 is 61.3. The summed E-state index contributed by atoms with van der Waals surface area (Å²) in [6, 6.07) is 0.804. The van der Waals surface area contributed by atoms with E-state index in [9.17, 15) is 22.3 Å². The van der Waals surface area contributed by atoms with E-state index in [4.69, 9.17) is 9.84 Å². The van der Waals surface area contributed by atoms with Gasteiger partial charge in [0, 0.05) is 12.2 Å². The van der Waals surface area contributed by atoms with E-state index >= 15 is 0 Å². The average Bonchev–Trinajstić information content (AvgIpc) is 3.44. The van der Waals surface area contributed by atoms with E-state index in [1.54, 1.807) is 0 Å². The molecule has 0 saturated heterocycles. The number of rotatable bonds is 10. The molecule has 152 valence electrons. The highest BCUT2D eigenvalue weighted by atomic mass is 32.2. The van der Waals surface area contributed by atoms with Crippen LogP contribution in [0.2, 0.25) is 0 Å². The van der Waals surface area contributed by atoms with Gasteiger partial charge in [0.05, 0.1) is 32.9 Å². The van der Waals surface area contributed by atoms with E-state index in [0.29, 0.717) is 12.8 Å². The Hall–Kier alpha value is -1.35. The molecule has 0 radical (unpaired) electrons. The van der Waals surface area contributed by atoms with Crippen LogP contribution in [0.15, 0.2) is 18.0 Å². The van der Waals surface area contributed by atoms with Gasteiger partial charge in [-0.3, -0.25) is 4.72 Å². The number of aliphatic hydroxyl groups excluding tert-OH is 1. The SMILES string of the molecule is C/C=C(/F)CNc1c(F)c(F)cc(OC)c1NS(=O)C1(CP(O)CO)CC1. The highest BCUT2D eigenvalue weighted by Gasteiger charge is 2.50. The van der Waals surface area contributed by atoms with Crippen molar-refractivity contribution in [2.24, 2.45) is 0 Å². The predicted octanol–water partition coefficient (Wildman–Crippen LogP) is 3.21. The number of aliphatic hydroxyl groups is 1. The van der Waals surface area contributed by atoms with Crippen LogP contribution < -0.4 is 14.8 Å². The van der Waals surface area contributed by atoms with Crippen molar-refractivity contribution in [1.29, 1.82) is 0 Å². The Morgan fingerprint density at radius 3 is 2.63 bits per heavy atom. The molecule has 2 rings (SSSR count). The fraction of sp³-hybridized carbons (Fsp3) is 0.500. The molecular weight excluding hydrogens is 404 g/mol. The summed E-state index contributed by atoms with van der Waals surface area (Å²) in [5, 5.41) is 11.5. The molecule has 1 aromatic carbocycles. The van der Waals surface area contributed by atoms with Crippen LogP contribution in [0.4, 0.5) is 24.5 Å². The van der Waals surface area contributed by atoms with Crippen molar-refractivity contribution < 1.29 is 32.1 Å². The average molecular weight is 426 g/mol. The summed E-state index contributed by atoms with van der Waals surface area (Å²) in [4.78, 5) is 9.71. The van der Waals surface area contributed by atoms with Gasteiger partial charge in [0.25, 0.3) is 0 Å². The molecule has 2 atom stereocenters. The Kier molecular flexibility index (Phi) is 7.50. The largest absolute Gasteiger partial charge is 0.494 e. The van der Waals surface area contributed by atoms with Gasteiger partial charge in [0.15, 0.2) is 11.6 Å². The lowest BCUT2D eigenvalue weighted by atomic mass is 10.2. The van der Waals surface area contributed by atoms with Gasteiger partial charge in [-0.1, -0.05) is 6.08 Å². The molecule has 2 unspecified atom stereocenters. The molecule has 1 aromatic rings. The number of methoxy groups -OCH3 is 1. The summed E-state index contributed by atoms with van der Waals surface area (Å²) in [6.07, 6.45) is 2.02. The summed E-state index contributed by atoms with van der Waals surface area (Å²) in [7, 11) is -2.20. The number of allylic oxidation sites excluding steroid dienone is 1. The van der Waals surface area contributed by atoms with Crippen molar-refractivity contribution in [2.45, 2.75) is 24.5 Å². The third kappa shape index (κ3) is 5.13. The molecule has 6 nitrogen and oxygen atoms in total. The molecule has 1 saturated carbocycles. The number of hydrogen-bond acceptors (Lipinski definition) is 5. The third-order valence-corrected chi connectivity index (χ3v) is 7.42. The first-order valence-electron chi connectivity index (χ1n) is 8.11. The third-order valence-electron chi connectivity index (χ3n) is 4.18. The molecule has 1 aliphatic rings. The zero-order valence-corrected chi connectivity index (χ0v) is 16.6. The van der Waals surface area contributed by atoms with Gasteiger partial charge in [0.2, 0.25) is 0 Å². The summed E-state index contributed by atoms with van der Waals surface area (Å²) in [5.74, 6) is -3.15. The molecule has 0 heterocycles. The van der Waals surface area contributed by atoms with Crippen molar-refractivity contribution in [3.05, 3.63) is 29.6 Å². The maximum absolute atomic E-state index is 14.3. The van der Waals surface area contributed by atoms with Gasteiger partial charge in [0.1, 0.15) is 33.9 Å². The second-order valence-corrected chi connectivity index (χ2v) is 9.29. The molecule has 1 aliphatic carbocycles. The zero-order valence-electron chi connectivity index (χ0n) is 14.9. The Morgan fingerprint density at radius 2 is 2.11 bits per heavy atom. The van der Waals surface area contributed by atoms with Gasteiger partial charge in [-0.05, 0) is 19.8 Å². The van der Waals surface area contributed by atoms with Crippen molar-refractivity contribution in [2.75, 3.05) is 36.2 Å². The summed E-state index contributed by atoms with van der Waals surface area (Å²) >= 11 is 0. The fourth-order valence-electron chi connectivity index (χ4n) is 2.43. The number of ether oxygens (including phenoxy) is 1. The maximum atomic E-state index is 14.3. The van der Waals surface area contributed by atoms with Gasteiger partial charge in [-0.25, -0.2) is 17.4 Å². The summed E-state index contributed by atoms with van der Waals surface area (Å²) in [5.41, 5.74) is -0.502. The minimum atomic E-state index is -1.77. The van der Waals surface area contributed by atoms with Crippen molar-refractivity contribution in [3.63, 3.8) is 0 Å². The minimum absolute atomic E-state index is 0.101. The van der Waals surface area contributed by atoms with Gasteiger partial charge in [-0.15, -0.1) is 0 Å². The monoisotopic (exact) mass is 426 g/mol. The normalized spacial score (nSPS) is 18.0. The minimum Gasteiger partial charge on any atom is -0.494 e. The van der Waals surface area contributed by atoms with Crippen LogP contribution in [0.1, 0.15) is 19.8 Å². The van der Waals surface area contributed by atoms with E-state index in [1.165, 1.54) is 20.1 Å². The van der Waals surface area contributed by atoms with E-state index in [2.05, 4.69) is 10.0 Å². The van der Waals surface area contributed by atoms with Crippen molar-refractivity contribution in [1.82, 2.24) is 0 Å². The van der Waals surface area contributed by atoms with E-state index in [0.717, 1.165) is 6.07 Å². The molecule has 0 bridgehead atoms. The molecule has 4 N–H and O–H groups in total. The standard InChI is InChI=1S/C16H22F3N2O4PS/c1-3-10(17)7-20-15-13(19)11(18)6-12(25-2)14(15)21-27(24)16(4-5-16)8-26(23)9-22/h3,6,20-23H,4-5,7-9H2,1-2H3/b10-3+. The Bertz CT molecular complexity index is 747. The molecule has 0 aliphatic heterocycles. The lowest BCUT2D eigenvalue weighted by Gasteiger charge is -2.22. The maximum Gasteiger partial charge on any atom is 0.184 e. The molecule has 0 amide bonds. The fourth-order valence-corrected chi connectivity index (χ4v) is 5.51. The molecule has 27 heavy (non-hydrogen) atoms. The van der Waals surface area contributed by atoms with Crippen LogP contribution >= 0.6 is 8.15 Å². The number of hydrogen-bond donors (Lipinski definition) is 4. The van der Waals surface area contributed by atoms with Crippen LogP contribution in [0.5, 0.6) is 5.75 Å². The van der Waals surface area contributed by atoms with Gasteiger partial charge < -0.3 is 20.1 Å². The first kappa shape index (κ1) is 21.9. The second kappa shape index (κ2) is 9.23. The van der Waals surface area contributed by atoms with Gasteiger partial charge >= 0.3 is 0 Å².